The summed E-state index contributed by atoms with van der Waals surface area (Å²) in [7, 11) is 1.65. The summed E-state index contributed by atoms with van der Waals surface area (Å²) in [4.78, 5) is 16.9. The number of piperazine rings is 1. The number of hydrogen-bond donors (Lipinski definition) is 0. The first-order valence-corrected chi connectivity index (χ1v) is 9.03. The lowest BCUT2D eigenvalue weighted by Crippen LogP contribution is -2.47. The van der Waals surface area contributed by atoms with E-state index in [-0.39, 0.29) is 5.91 Å². The summed E-state index contributed by atoms with van der Waals surface area (Å²) in [6, 6.07) is 18.3. The molecule has 0 N–H and O–H groups in total. The van der Waals surface area contributed by atoms with Crippen molar-refractivity contribution in [2.45, 2.75) is 13.5 Å². The summed E-state index contributed by atoms with van der Waals surface area (Å²) in [6.45, 7) is 6.30. The summed E-state index contributed by atoms with van der Waals surface area (Å²) >= 11 is 0. The molecule has 0 aromatic heterocycles. The second kappa shape index (κ2) is 8.68. The van der Waals surface area contributed by atoms with Gasteiger partial charge in [0, 0.05) is 38.8 Å². The largest absolute Gasteiger partial charge is 0.497 e. The third-order valence-corrected chi connectivity index (χ3v) is 4.82. The first-order valence-electron chi connectivity index (χ1n) is 9.03. The molecule has 4 heteroatoms. The standard InChI is InChI=1S/C22H26N2O2/c1-18(20-8-10-21(26-2)11-9-20)16-22(25)24-14-12-23(13-15-24)17-19-6-4-3-5-7-19/h3-11,16H,12-15,17H2,1-2H3/b18-16+. The lowest BCUT2D eigenvalue weighted by Gasteiger charge is -2.34. The minimum Gasteiger partial charge on any atom is -0.497 e. The number of carbonyl (C=O) groups is 1. The highest BCUT2D eigenvalue weighted by Gasteiger charge is 2.20. The molecule has 1 aliphatic heterocycles. The van der Waals surface area contributed by atoms with Gasteiger partial charge in [-0.15, -0.1) is 0 Å². The van der Waals surface area contributed by atoms with Crippen LogP contribution in [0.1, 0.15) is 18.1 Å². The van der Waals surface area contributed by atoms with E-state index < -0.39 is 0 Å². The van der Waals surface area contributed by atoms with Crippen LogP contribution in [0.2, 0.25) is 0 Å². The molecule has 0 atom stereocenters. The van der Waals surface area contributed by atoms with E-state index in [1.807, 2.05) is 42.2 Å². The molecule has 0 spiro atoms. The summed E-state index contributed by atoms with van der Waals surface area (Å²) in [5.74, 6) is 0.917. The molecule has 3 rings (SSSR count). The first kappa shape index (κ1) is 18.2. The fourth-order valence-electron chi connectivity index (χ4n) is 3.18. The van der Waals surface area contributed by atoms with Gasteiger partial charge in [0.25, 0.3) is 0 Å². The number of amides is 1. The Kier molecular flexibility index (Phi) is 6.08. The van der Waals surface area contributed by atoms with Crippen molar-refractivity contribution in [3.63, 3.8) is 0 Å². The smallest absolute Gasteiger partial charge is 0.246 e. The Morgan fingerprint density at radius 1 is 1.00 bits per heavy atom. The van der Waals surface area contributed by atoms with Crippen molar-refractivity contribution in [2.24, 2.45) is 0 Å². The summed E-state index contributed by atoms with van der Waals surface area (Å²) in [5, 5.41) is 0. The van der Waals surface area contributed by atoms with Crippen molar-refractivity contribution < 1.29 is 9.53 Å². The fourth-order valence-corrected chi connectivity index (χ4v) is 3.18. The second-order valence-corrected chi connectivity index (χ2v) is 6.64. The minimum atomic E-state index is 0.0951. The van der Waals surface area contributed by atoms with Crippen molar-refractivity contribution in [2.75, 3.05) is 33.3 Å². The zero-order valence-electron chi connectivity index (χ0n) is 15.5. The molecule has 1 saturated heterocycles. The van der Waals surface area contributed by atoms with Gasteiger partial charge in [0.05, 0.1) is 7.11 Å². The molecule has 1 aliphatic rings. The lowest BCUT2D eigenvalue weighted by atomic mass is 10.1. The van der Waals surface area contributed by atoms with E-state index in [1.165, 1.54) is 5.56 Å². The number of rotatable bonds is 5. The normalized spacial score (nSPS) is 15.8. The van der Waals surface area contributed by atoms with E-state index in [0.29, 0.717) is 0 Å². The van der Waals surface area contributed by atoms with Crippen LogP contribution in [0.5, 0.6) is 5.75 Å². The molecule has 4 nitrogen and oxygen atoms in total. The van der Waals surface area contributed by atoms with E-state index in [0.717, 1.165) is 49.6 Å². The molecule has 2 aromatic rings. The van der Waals surface area contributed by atoms with Gasteiger partial charge in [-0.05, 0) is 35.8 Å². The average Bonchev–Trinajstić information content (AvgIpc) is 2.69. The van der Waals surface area contributed by atoms with Crippen molar-refractivity contribution in [3.05, 3.63) is 71.8 Å². The number of benzene rings is 2. The summed E-state index contributed by atoms with van der Waals surface area (Å²) < 4.78 is 5.18. The van der Waals surface area contributed by atoms with Crippen LogP contribution in [-0.2, 0) is 11.3 Å². The SMILES string of the molecule is COc1ccc(/C(C)=C/C(=O)N2CCN(Cc3ccccc3)CC2)cc1. The Bertz CT molecular complexity index is 745. The number of methoxy groups -OCH3 is 1. The molecule has 1 heterocycles. The van der Waals surface area contributed by atoms with Crippen LogP contribution in [0.25, 0.3) is 5.57 Å². The van der Waals surface area contributed by atoms with E-state index >= 15 is 0 Å². The Labute approximate surface area is 155 Å². The van der Waals surface area contributed by atoms with E-state index in [4.69, 9.17) is 4.74 Å². The van der Waals surface area contributed by atoms with E-state index in [2.05, 4.69) is 29.2 Å². The molecule has 0 saturated carbocycles. The first-order chi connectivity index (χ1) is 12.7. The van der Waals surface area contributed by atoms with Crippen LogP contribution >= 0.6 is 0 Å². The van der Waals surface area contributed by atoms with Gasteiger partial charge in [-0.25, -0.2) is 0 Å². The molecular weight excluding hydrogens is 324 g/mol. The van der Waals surface area contributed by atoms with Crippen molar-refractivity contribution in [1.29, 1.82) is 0 Å². The molecule has 0 radical (unpaired) electrons. The maximum absolute atomic E-state index is 12.6. The molecule has 0 unspecified atom stereocenters. The number of ether oxygens (including phenoxy) is 1. The highest BCUT2D eigenvalue weighted by atomic mass is 16.5. The van der Waals surface area contributed by atoms with Gasteiger partial charge >= 0.3 is 0 Å². The Morgan fingerprint density at radius 2 is 1.65 bits per heavy atom. The van der Waals surface area contributed by atoms with Gasteiger partial charge in [-0.2, -0.15) is 0 Å². The third kappa shape index (κ3) is 4.73. The number of allylic oxidation sites excluding steroid dienone is 1. The van der Waals surface area contributed by atoms with Gasteiger partial charge in [0.15, 0.2) is 0 Å². The van der Waals surface area contributed by atoms with Crippen LogP contribution in [0.4, 0.5) is 0 Å². The Morgan fingerprint density at radius 3 is 2.27 bits per heavy atom. The maximum atomic E-state index is 12.6. The van der Waals surface area contributed by atoms with Gasteiger partial charge in [0.2, 0.25) is 5.91 Å². The van der Waals surface area contributed by atoms with Crippen molar-refractivity contribution in [1.82, 2.24) is 9.80 Å². The molecule has 0 bridgehead atoms. The predicted octanol–water partition coefficient (Wildman–Crippen LogP) is 3.44. The molecule has 136 valence electrons. The second-order valence-electron chi connectivity index (χ2n) is 6.64. The average molecular weight is 350 g/mol. The molecular formula is C22H26N2O2. The molecule has 26 heavy (non-hydrogen) atoms. The highest BCUT2D eigenvalue weighted by molar-refractivity contribution is 5.95. The van der Waals surface area contributed by atoms with Crippen LogP contribution in [-0.4, -0.2) is 49.0 Å². The van der Waals surface area contributed by atoms with Gasteiger partial charge in [-0.1, -0.05) is 42.5 Å². The lowest BCUT2D eigenvalue weighted by molar-refractivity contribution is -0.127. The topological polar surface area (TPSA) is 32.8 Å². The number of nitrogens with zero attached hydrogens (tertiary/aromatic N) is 2. The van der Waals surface area contributed by atoms with Gasteiger partial charge < -0.3 is 9.64 Å². The summed E-state index contributed by atoms with van der Waals surface area (Å²) in [5.41, 5.74) is 3.34. The zero-order chi connectivity index (χ0) is 18.4. The summed E-state index contributed by atoms with van der Waals surface area (Å²) in [6.07, 6.45) is 1.74. The number of carbonyl (C=O) groups excluding carboxylic acids is 1. The Balaban J connectivity index is 1.54. The fraction of sp³-hybridized carbons (Fsp3) is 0.318. The maximum Gasteiger partial charge on any atom is 0.246 e. The van der Waals surface area contributed by atoms with Crippen molar-refractivity contribution >= 4 is 11.5 Å². The van der Waals surface area contributed by atoms with E-state index in [1.54, 1.807) is 13.2 Å². The Hall–Kier alpha value is -2.59. The van der Waals surface area contributed by atoms with Crippen LogP contribution in [0.15, 0.2) is 60.7 Å². The third-order valence-electron chi connectivity index (χ3n) is 4.82. The van der Waals surface area contributed by atoms with Gasteiger partial charge in [0.1, 0.15) is 5.75 Å². The minimum absolute atomic E-state index is 0.0951. The van der Waals surface area contributed by atoms with Crippen LogP contribution in [0, 0.1) is 0 Å². The van der Waals surface area contributed by atoms with Crippen molar-refractivity contribution in [3.8, 4) is 5.75 Å². The van der Waals surface area contributed by atoms with Crippen LogP contribution < -0.4 is 4.74 Å². The van der Waals surface area contributed by atoms with Crippen LogP contribution in [0.3, 0.4) is 0 Å². The van der Waals surface area contributed by atoms with Gasteiger partial charge in [-0.3, -0.25) is 9.69 Å². The molecule has 1 fully saturated rings. The quantitative estimate of drug-likeness (QED) is 0.775. The molecule has 2 aromatic carbocycles. The molecule has 1 amide bonds. The molecule has 0 aliphatic carbocycles. The zero-order valence-corrected chi connectivity index (χ0v) is 15.5. The van der Waals surface area contributed by atoms with E-state index in [9.17, 15) is 4.79 Å². The monoisotopic (exact) mass is 350 g/mol. The highest BCUT2D eigenvalue weighted by Crippen LogP contribution is 2.18. The number of hydrogen-bond acceptors (Lipinski definition) is 3. The predicted molar refractivity (Wildman–Crippen MR) is 105 cm³/mol.